The number of anilines is 1. The van der Waals surface area contributed by atoms with E-state index in [4.69, 9.17) is 23.2 Å². The summed E-state index contributed by atoms with van der Waals surface area (Å²) < 4.78 is 0. The molecule has 0 aromatic carbocycles. The van der Waals surface area contributed by atoms with Crippen LogP contribution in [-0.2, 0) is 0 Å². The highest BCUT2D eigenvalue weighted by atomic mass is 35.5. The minimum atomic E-state index is -0.413. The molecule has 2 aromatic heterocycles. The van der Waals surface area contributed by atoms with E-state index in [0.717, 1.165) is 0 Å². The van der Waals surface area contributed by atoms with Crippen LogP contribution in [0.2, 0.25) is 10.3 Å². The van der Waals surface area contributed by atoms with Crippen LogP contribution in [0.4, 0.5) is 5.69 Å². The van der Waals surface area contributed by atoms with Gasteiger partial charge in [-0.25, -0.2) is 9.97 Å². The highest BCUT2D eigenvalue weighted by Crippen LogP contribution is 2.11. The van der Waals surface area contributed by atoms with Crippen LogP contribution in [0.5, 0.6) is 0 Å². The Labute approximate surface area is 107 Å². The Hall–Kier alpha value is -1.72. The summed E-state index contributed by atoms with van der Waals surface area (Å²) in [5.74, 6) is -0.413. The minimum absolute atomic E-state index is 0.132. The first-order valence-electron chi connectivity index (χ1n) is 4.55. The molecule has 0 atom stereocenters. The van der Waals surface area contributed by atoms with Crippen molar-refractivity contribution in [1.82, 2.24) is 15.0 Å². The third-order valence-corrected chi connectivity index (χ3v) is 2.23. The van der Waals surface area contributed by atoms with Crippen molar-refractivity contribution in [2.45, 2.75) is 0 Å². The monoisotopic (exact) mass is 268 g/mol. The summed E-state index contributed by atoms with van der Waals surface area (Å²) in [7, 11) is 0. The van der Waals surface area contributed by atoms with E-state index in [1.165, 1.54) is 18.6 Å². The summed E-state index contributed by atoms with van der Waals surface area (Å²) in [6.45, 7) is 0. The van der Waals surface area contributed by atoms with E-state index in [1.807, 2.05) is 0 Å². The van der Waals surface area contributed by atoms with Gasteiger partial charge in [0.15, 0.2) is 0 Å². The number of aromatic nitrogens is 3. The number of carbonyl (C=O) groups excluding carboxylic acids is 1. The lowest BCUT2D eigenvalue weighted by atomic mass is 10.3. The van der Waals surface area contributed by atoms with E-state index in [-0.39, 0.29) is 10.8 Å². The maximum atomic E-state index is 11.7. The first-order valence-corrected chi connectivity index (χ1v) is 5.31. The Balaban J connectivity index is 2.14. The summed E-state index contributed by atoms with van der Waals surface area (Å²) >= 11 is 11.3. The molecule has 0 saturated carbocycles. The summed E-state index contributed by atoms with van der Waals surface area (Å²) in [4.78, 5) is 23.2. The van der Waals surface area contributed by atoms with Crippen LogP contribution in [0.15, 0.2) is 30.7 Å². The quantitative estimate of drug-likeness (QED) is 0.850. The van der Waals surface area contributed by atoms with E-state index in [1.54, 1.807) is 12.1 Å². The summed E-state index contributed by atoms with van der Waals surface area (Å²) in [5, 5.41) is 3.10. The lowest BCUT2D eigenvalue weighted by Crippen LogP contribution is -2.14. The van der Waals surface area contributed by atoms with Gasteiger partial charge in [0.2, 0.25) is 0 Å². The van der Waals surface area contributed by atoms with Crippen molar-refractivity contribution in [1.29, 1.82) is 0 Å². The Morgan fingerprint density at radius 1 is 1.12 bits per heavy atom. The largest absolute Gasteiger partial charge is 0.319 e. The molecule has 5 nitrogen and oxygen atoms in total. The second-order valence-electron chi connectivity index (χ2n) is 3.05. The maximum absolute atomic E-state index is 11.7. The van der Waals surface area contributed by atoms with Gasteiger partial charge in [-0.3, -0.25) is 9.78 Å². The van der Waals surface area contributed by atoms with Crippen LogP contribution in [0.3, 0.4) is 0 Å². The number of rotatable bonds is 2. The lowest BCUT2D eigenvalue weighted by Gasteiger charge is -2.03. The van der Waals surface area contributed by atoms with Gasteiger partial charge < -0.3 is 5.32 Å². The second kappa shape index (κ2) is 5.07. The van der Waals surface area contributed by atoms with Gasteiger partial charge in [-0.05, 0) is 12.1 Å². The maximum Gasteiger partial charge on any atom is 0.275 e. The van der Waals surface area contributed by atoms with Gasteiger partial charge in [0, 0.05) is 0 Å². The first-order chi connectivity index (χ1) is 8.15. The van der Waals surface area contributed by atoms with E-state index in [2.05, 4.69) is 20.3 Å². The molecule has 0 spiro atoms. The Bertz CT molecular complexity index is 544. The SMILES string of the molecule is O=C(Nc1ccc(Cl)nc1)c1cncc(Cl)n1. The van der Waals surface area contributed by atoms with Crippen LogP contribution < -0.4 is 5.32 Å². The van der Waals surface area contributed by atoms with Crippen molar-refractivity contribution in [2.24, 2.45) is 0 Å². The molecule has 2 heterocycles. The van der Waals surface area contributed by atoms with E-state index in [0.29, 0.717) is 10.8 Å². The predicted octanol–water partition coefficient (Wildman–Crippen LogP) is 2.43. The Morgan fingerprint density at radius 2 is 1.94 bits per heavy atom. The molecular formula is C10H6Cl2N4O. The fourth-order valence-electron chi connectivity index (χ4n) is 1.10. The van der Waals surface area contributed by atoms with Gasteiger partial charge >= 0.3 is 0 Å². The fraction of sp³-hybridized carbons (Fsp3) is 0. The van der Waals surface area contributed by atoms with Crippen molar-refractivity contribution in [3.8, 4) is 0 Å². The minimum Gasteiger partial charge on any atom is -0.319 e. The van der Waals surface area contributed by atoms with E-state index in [9.17, 15) is 4.79 Å². The molecule has 17 heavy (non-hydrogen) atoms. The molecule has 2 rings (SSSR count). The molecule has 1 amide bonds. The third-order valence-electron chi connectivity index (χ3n) is 1.82. The second-order valence-corrected chi connectivity index (χ2v) is 3.83. The number of amides is 1. The Morgan fingerprint density at radius 3 is 2.59 bits per heavy atom. The van der Waals surface area contributed by atoms with Crippen molar-refractivity contribution < 1.29 is 4.79 Å². The van der Waals surface area contributed by atoms with Crippen LogP contribution in [0.25, 0.3) is 0 Å². The number of hydrogen-bond donors (Lipinski definition) is 1. The number of nitrogens with zero attached hydrogens (tertiary/aromatic N) is 3. The highest BCUT2D eigenvalue weighted by Gasteiger charge is 2.08. The summed E-state index contributed by atoms with van der Waals surface area (Å²) in [6.07, 6.45) is 4.12. The number of pyridine rings is 1. The number of carbonyl (C=O) groups is 1. The van der Waals surface area contributed by atoms with Gasteiger partial charge in [0.1, 0.15) is 16.0 Å². The average molecular weight is 269 g/mol. The van der Waals surface area contributed by atoms with E-state index < -0.39 is 5.91 Å². The molecule has 7 heteroatoms. The molecule has 1 N–H and O–H groups in total. The fourth-order valence-corrected chi connectivity index (χ4v) is 1.36. The first kappa shape index (κ1) is 11.8. The van der Waals surface area contributed by atoms with Gasteiger partial charge in [-0.1, -0.05) is 23.2 Å². The zero-order valence-electron chi connectivity index (χ0n) is 8.39. The van der Waals surface area contributed by atoms with E-state index >= 15 is 0 Å². The molecule has 2 aromatic rings. The van der Waals surface area contributed by atoms with Crippen LogP contribution >= 0.6 is 23.2 Å². The Kier molecular flexibility index (Phi) is 3.51. The molecule has 86 valence electrons. The molecule has 0 bridgehead atoms. The standard InChI is InChI=1S/C10H6Cl2N4O/c11-8-2-1-6(3-14-8)15-10(17)7-4-13-5-9(12)16-7/h1-5H,(H,15,17). The topological polar surface area (TPSA) is 67.8 Å². The summed E-state index contributed by atoms with van der Waals surface area (Å²) in [6, 6.07) is 3.20. The van der Waals surface area contributed by atoms with Gasteiger partial charge in [-0.15, -0.1) is 0 Å². The van der Waals surface area contributed by atoms with Crippen molar-refractivity contribution in [3.63, 3.8) is 0 Å². The van der Waals surface area contributed by atoms with Gasteiger partial charge in [0.05, 0.1) is 24.3 Å². The van der Waals surface area contributed by atoms with Crippen LogP contribution in [0, 0.1) is 0 Å². The normalized spacial score (nSPS) is 10.0. The molecule has 0 fully saturated rings. The van der Waals surface area contributed by atoms with Crippen molar-refractivity contribution >= 4 is 34.8 Å². The zero-order valence-corrected chi connectivity index (χ0v) is 9.90. The molecule has 0 unspecified atom stereocenters. The predicted molar refractivity (Wildman–Crippen MR) is 64.2 cm³/mol. The van der Waals surface area contributed by atoms with Gasteiger partial charge in [0.25, 0.3) is 5.91 Å². The third kappa shape index (κ3) is 3.12. The van der Waals surface area contributed by atoms with Gasteiger partial charge in [-0.2, -0.15) is 0 Å². The summed E-state index contributed by atoms with van der Waals surface area (Å²) in [5.41, 5.74) is 0.647. The smallest absolute Gasteiger partial charge is 0.275 e. The number of hydrogen-bond acceptors (Lipinski definition) is 4. The number of halogens is 2. The zero-order chi connectivity index (χ0) is 12.3. The number of nitrogens with one attached hydrogen (secondary N) is 1. The van der Waals surface area contributed by atoms with Crippen molar-refractivity contribution in [3.05, 3.63) is 46.7 Å². The molecule has 0 radical (unpaired) electrons. The molecule has 0 aliphatic rings. The van der Waals surface area contributed by atoms with Crippen LogP contribution in [-0.4, -0.2) is 20.9 Å². The molecule has 0 saturated heterocycles. The highest BCUT2D eigenvalue weighted by molar-refractivity contribution is 6.29. The molecule has 0 aliphatic carbocycles. The van der Waals surface area contributed by atoms with Crippen LogP contribution in [0.1, 0.15) is 10.5 Å². The average Bonchev–Trinajstić information content (AvgIpc) is 2.32. The molecule has 0 aliphatic heterocycles. The lowest BCUT2D eigenvalue weighted by molar-refractivity contribution is 0.102. The molecular weight excluding hydrogens is 263 g/mol. The van der Waals surface area contributed by atoms with Crippen molar-refractivity contribution in [2.75, 3.05) is 5.32 Å².